The summed E-state index contributed by atoms with van der Waals surface area (Å²) in [5.74, 6) is 3.22. The Labute approximate surface area is 196 Å². The third kappa shape index (κ3) is 3.71. The van der Waals surface area contributed by atoms with Crippen LogP contribution in [0.4, 0.5) is 0 Å². The van der Waals surface area contributed by atoms with Crippen LogP contribution >= 0.6 is 0 Å². The van der Waals surface area contributed by atoms with Crippen LogP contribution in [-0.2, 0) is 0 Å². The van der Waals surface area contributed by atoms with Gasteiger partial charge in [-0.25, -0.2) is 0 Å². The lowest BCUT2D eigenvalue weighted by molar-refractivity contribution is -0.264. The minimum atomic E-state index is -1.14. The molecule has 0 aromatic carbocycles. The molecule has 4 rings (SSSR count). The Hall–Kier alpha value is -0.160. The number of aliphatic hydroxyl groups excluding tert-OH is 2. The van der Waals surface area contributed by atoms with Gasteiger partial charge in [0.1, 0.15) is 0 Å². The molecule has 0 unspecified atom stereocenters. The highest BCUT2D eigenvalue weighted by Gasteiger charge is 2.67. The lowest BCUT2D eigenvalue weighted by atomic mass is 9.42. The van der Waals surface area contributed by atoms with Gasteiger partial charge >= 0.3 is 0 Å². The molecule has 4 nitrogen and oxygen atoms in total. The zero-order valence-corrected chi connectivity index (χ0v) is 21.5. The highest BCUT2D eigenvalue weighted by atomic mass is 16.3. The molecule has 4 aliphatic carbocycles. The van der Waals surface area contributed by atoms with Gasteiger partial charge in [0.2, 0.25) is 0 Å². The molecule has 4 saturated carbocycles. The fraction of sp³-hybridized carbons (Fsp3) is 1.00. The maximum Gasteiger partial charge on any atom is 0.0985 e. The zero-order chi connectivity index (χ0) is 23.7. The predicted molar refractivity (Wildman–Crippen MR) is 128 cm³/mol. The van der Waals surface area contributed by atoms with Gasteiger partial charge in [0.15, 0.2) is 0 Å². The molecule has 4 fully saturated rings. The van der Waals surface area contributed by atoms with Gasteiger partial charge in [-0.2, -0.15) is 0 Å². The van der Waals surface area contributed by atoms with Gasteiger partial charge in [-0.15, -0.1) is 0 Å². The number of hydrogen-bond acceptors (Lipinski definition) is 4. The fourth-order valence-electron chi connectivity index (χ4n) is 9.30. The molecule has 11 atom stereocenters. The molecular weight excluding hydrogens is 400 g/mol. The van der Waals surface area contributed by atoms with E-state index in [1.165, 1.54) is 25.7 Å². The second kappa shape index (κ2) is 8.21. The van der Waals surface area contributed by atoms with Crippen LogP contribution in [-0.4, -0.2) is 43.8 Å². The summed E-state index contributed by atoms with van der Waals surface area (Å²) in [7, 11) is 0. The van der Waals surface area contributed by atoms with Crippen LogP contribution in [0.3, 0.4) is 0 Å². The topological polar surface area (TPSA) is 80.9 Å². The third-order valence-corrected chi connectivity index (χ3v) is 11.9. The van der Waals surface area contributed by atoms with Gasteiger partial charge in [0.05, 0.1) is 23.4 Å². The van der Waals surface area contributed by atoms with Crippen molar-refractivity contribution in [3.63, 3.8) is 0 Å². The minimum Gasteiger partial charge on any atom is -0.393 e. The lowest BCUT2D eigenvalue weighted by Gasteiger charge is -2.65. The van der Waals surface area contributed by atoms with E-state index in [4.69, 9.17) is 0 Å². The molecule has 186 valence electrons. The molecule has 0 spiro atoms. The molecular formula is C28H50O4. The summed E-state index contributed by atoms with van der Waals surface area (Å²) in [5, 5.41) is 43.5. The van der Waals surface area contributed by atoms with Crippen LogP contribution in [0.1, 0.15) is 106 Å². The summed E-state index contributed by atoms with van der Waals surface area (Å²) in [6.45, 7) is 13.2. The van der Waals surface area contributed by atoms with Gasteiger partial charge in [-0.05, 0) is 106 Å². The molecule has 0 heterocycles. The third-order valence-electron chi connectivity index (χ3n) is 11.9. The molecule has 0 radical (unpaired) electrons. The van der Waals surface area contributed by atoms with Crippen molar-refractivity contribution in [2.24, 2.45) is 46.3 Å². The van der Waals surface area contributed by atoms with Crippen molar-refractivity contribution in [3.8, 4) is 0 Å². The molecule has 4 aliphatic rings. The maximum atomic E-state index is 11.6. The molecule has 0 amide bonds. The van der Waals surface area contributed by atoms with Gasteiger partial charge in [-0.1, -0.05) is 34.1 Å². The van der Waals surface area contributed by atoms with Crippen molar-refractivity contribution in [1.29, 1.82) is 0 Å². The molecule has 0 aromatic rings. The number of aliphatic hydroxyl groups is 4. The Kier molecular flexibility index (Phi) is 6.40. The highest BCUT2D eigenvalue weighted by Crippen LogP contribution is 2.69. The van der Waals surface area contributed by atoms with Crippen LogP contribution in [0.2, 0.25) is 0 Å². The summed E-state index contributed by atoms with van der Waals surface area (Å²) >= 11 is 0. The van der Waals surface area contributed by atoms with Crippen LogP contribution in [0.25, 0.3) is 0 Å². The maximum absolute atomic E-state index is 11.6. The summed E-state index contributed by atoms with van der Waals surface area (Å²) in [5.41, 5.74) is -1.73. The Balaban J connectivity index is 1.51. The van der Waals surface area contributed by atoms with E-state index in [9.17, 15) is 20.4 Å². The molecule has 0 bridgehead atoms. The summed E-state index contributed by atoms with van der Waals surface area (Å²) in [6, 6.07) is 0. The van der Waals surface area contributed by atoms with E-state index in [1.54, 1.807) is 0 Å². The van der Waals surface area contributed by atoms with Crippen molar-refractivity contribution >= 4 is 0 Å². The lowest BCUT2D eigenvalue weighted by Crippen LogP contribution is -2.68. The normalized spacial score (nSPS) is 50.8. The van der Waals surface area contributed by atoms with Crippen LogP contribution in [0, 0.1) is 46.3 Å². The van der Waals surface area contributed by atoms with E-state index in [2.05, 4.69) is 27.7 Å². The number of hydrogen-bond donors (Lipinski definition) is 4. The summed E-state index contributed by atoms with van der Waals surface area (Å²) in [6.07, 6.45) is 8.50. The van der Waals surface area contributed by atoms with Crippen LogP contribution in [0.15, 0.2) is 0 Å². The van der Waals surface area contributed by atoms with Crippen molar-refractivity contribution in [1.82, 2.24) is 0 Å². The van der Waals surface area contributed by atoms with E-state index < -0.39 is 23.4 Å². The Morgan fingerprint density at radius 3 is 2.28 bits per heavy atom. The molecule has 32 heavy (non-hydrogen) atoms. The van der Waals surface area contributed by atoms with Gasteiger partial charge < -0.3 is 20.4 Å². The average Bonchev–Trinajstić information content (AvgIpc) is 3.05. The van der Waals surface area contributed by atoms with E-state index in [-0.39, 0.29) is 5.41 Å². The summed E-state index contributed by atoms with van der Waals surface area (Å²) < 4.78 is 0. The minimum absolute atomic E-state index is 0.290. The van der Waals surface area contributed by atoms with E-state index in [0.29, 0.717) is 53.8 Å². The van der Waals surface area contributed by atoms with Gasteiger partial charge in [0, 0.05) is 11.8 Å². The fourth-order valence-corrected chi connectivity index (χ4v) is 9.30. The molecule has 0 aromatic heterocycles. The van der Waals surface area contributed by atoms with Crippen LogP contribution < -0.4 is 0 Å². The smallest absolute Gasteiger partial charge is 0.0985 e. The monoisotopic (exact) mass is 450 g/mol. The van der Waals surface area contributed by atoms with Crippen molar-refractivity contribution < 1.29 is 20.4 Å². The first kappa shape index (κ1) is 24.9. The molecule has 0 saturated heterocycles. The molecule has 4 heteroatoms. The second-order valence-electron chi connectivity index (χ2n) is 13.7. The van der Waals surface area contributed by atoms with Crippen LogP contribution in [0.5, 0.6) is 0 Å². The Bertz CT molecular complexity index is 687. The zero-order valence-electron chi connectivity index (χ0n) is 21.5. The largest absolute Gasteiger partial charge is 0.393 e. The average molecular weight is 451 g/mol. The van der Waals surface area contributed by atoms with Crippen molar-refractivity contribution in [3.05, 3.63) is 0 Å². The molecule has 0 aliphatic heterocycles. The van der Waals surface area contributed by atoms with Gasteiger partial charge in [0.25, 0.3) is 0 Å². The van der Waals surface area contributed by atoms with E-state index in [1.807, 2.05) is 13.8 Å². The van der Waals surface area contributed by atoms with Crippen molar-refractivity contribution in [2.45, 2.75) is 129 Å². The van der Waals surface area contributed by atoms with Crippen molar-refractivity contribution in [2.75, 3.05) is 0 Å². The number of rotatable bonds is 5. The Morgan fingerprint density at radius 1 is 0.938 bits per heavy atom. The number of fused-ring (bicyclic) bond motifs is 5. The second-order valence-corrected chi connectivity index (χ2v) is 13.7. The first-order valence-corrected chi connectivity index (χ1v) is 13.5. The van der Waals surface area contributed by atoms with Gasteiger partial charge in [-0.3, -0.25) is 0 Å². The van der Waals surface area contributed by atoms with E-state index >= 15 is 0 Å². The molecule has 4 N–H and O–H groups in total. The summed E-state index contributed by atoms with van der Waals surface area (Å²) in [4.78, 5) is 0. The van der Waals surface area contributed by atoms with E-state index in [0.717, 1.165) is 25.7 Å². The first-order valence-electron chi connectivity index (χ1n) is 13.5. The standard InChI is InChI=1S/C28H50O4/c1-17(7-8-18(2)25(3,4)31)21-9-10-22-20-15-24(30)28(32)16-19(29)11-14-27(28,6)23(20)12-13-26(21,22)5/h17-24,29-32H,7-16H2,1-6H3/t17-,18+,19+,20+,21+,22-,23-,24-,26-,27-,28+/m1/s1. The Morgan fingerprint density at radius 2 is 1.62 bits per heavy atom. The first-order chi connectivity index (χ1) is 14.7. The predicted octanol–water partition coefficient (Wildman–Crippen LogP) is 4.92. The SMILES string of the molecule is C[C@H](CC[C@H](C)C(C)(C)O)[C@@H]1CC[C@@H]2[C@@H]3C[C@@H](O)[C@@]4(O)C[C@@H](O)CC[C@]4(C)[C@@H]3CC[C@@]21C. The quantitative estimate of drug-likeness (QED) is 0.479. The highest BCUT2D eigenvalue weighted by molar-refractivity contribution is 5.17.